The van der Waals surface area contributed by atoms with E-state index in [1.807, 2.05) is 17.5 Å². The maximum Gasteiger partial charge on any atom is 0.294 e. The third kappa shape index (κ3) is 3.70. The number of amides is 1. The van der Waals surface area contributed by atoms with E-state index in [4.69, 9.17) is 0 Å². The lowest BCUT2D eigenvalue weighted by Crippen LogP contribution is -2.30. The molecular formula is C18H16N4O3S. The van der Waals surface area contributed by atoms with Crippen molar-refractivity contribution in [2.75, 3.05) is 6.54 Å². The smallest absolute Gasteiger partial charge is 0.294 e. The zero-order valence-corrected chi connectivity index (χ0v) is 14.6. The van der Waals surface area contributed by atoms with Crippen LogP contribution in [0.2, 0.25) is 0 Å². The van der Waals surface area contributed by atoms with Gasteiger partial charge in [0.2, 0.25) is 0 Å². The normalized spacial score (nSPS) is 10.5. The van der Waals surface area contributed by atoms with Gasteiger partial charge in [0, 0.05) is 35.4 Å². The molecule has 0 aliphatic heterocycles. The minimum absolute atomic E-state index is 0.150. The molecule has 3 aromatic rings. The molecule has 1 aromatic carbocycles. The summed E-state index contributed by atoms with van der Waals surface area (Å²) in [5.41, 5.74) is 0.472. The van der Waals surface area contributed by atoms with Crippen LogP contribution in [-0.2, 0) is 6.54 Å². The lowest BCUT2D eigenvalue weighted by atomic mass is 10.1. The van der Waals surface area contributed by atoms with Crippen molar-refractivity contribution in [1.82, 2.24) is 14.5 Å². The van der Waals surface area contributed by atoms with Crippen LogP contribution in [0.3, 0.4) is 0 Å². The number of aromatic nitrogens is 2. The molecule has 7 nitrogen and oxygen atoms in total. The lowest BCUT2D eigenvalue weighted by molar-refractivity contribution is -0.384. The predicted molar refractivity (Wildman–Crippen MR) is 99.5 cm³/mol. The molecule has 0 aliphatic rings. The van der Waals surface area contributed by atoms with Crippen molar-refractivity contribution >= 4 is 22.9 Å². The highest BCUT2D eigenvalue weighted by Gasteiger charge is 2.22. The van der Waals surface area contributed by atoms with Crippen molar-refractivity contribution in [2.45, 2.75) is 6.54 Å². The van der Waals surface area contributed by atoms with Crippen LogP contribution < -0.4 is 0 Å². The number of carbonyl (C=O) groups is 1. The third-order valence-corrected chi connectivity index (χ3v) is 4.63. The minimum Gasteiger partial charge on any atom is -0.330 e. The van der Waals surface area contributed by atoms with Gasteiger partial charge in [-0.05, 0) is 23.6 Å². The molecule has 2 aromatic heterocycles. The Kier molecular flexibility index (Phi) is 5.23. The van der Waals surface area contributed by atoms with Crippen LogP contribution >= 0.6 is 11.3 Å². The van der Waals surface area contributed by atoms with Crippen LogP contribution in [0.15, 0.2) is 67.1 Å². The zero-order valence-electron chi connectivity index (χ0n) is 13.8. The van der Waals surface area contributed by atoms with E-state index in [0.29, 0.717) is 18.8 Å². The first-order valence-electron chi connectivity index (χ1n) is 7.79. The quantitative estimate of drug-likeness (QED) is 0.362. The van der Waals surface area contributed by atoms with Crippen LogP contribution in [0.25, 0.3) is 5.69 Å². The molecule has 0 fully saturated rings. The Morgan fingerprint density at radius 2 is 2.27 bits per heavy atom. The summed E-state index contributed by atoms with van der Waals surface area (Å²) in [6.07, 6.45) is 6.27. The fourth-order valence-corrected chi connectivity index (χ4v) is 3.29. The van der Waals surface area contributed by atoms with E-state index < -0.39 is 4.92 Å². The number of rotatable bonds is 7. The van der Waals surface area contributed by atoms with E-state index in [1.54, 1.807) is 45.2 Å². The zero-order chi connectivity index (χ0) is 18.5. The molecule has 0 spiro atoms. The Labute approximate surface area is 154 Å². The first kappa shape index (κ1) is 17.6. The first-order valence-corrected chi connectivity index (χ1v) is 8.67. The summed E-state index contributed by atoms with van der Waals surface area (Å²) in [6.45, 7) is 4.48. The number of nitro benzene ring substituents is 1. The van der Waals surface area contributed by atoms with Gasteiger partial charge < -0.3 is 9.47 Å². The maximum atomic E-state index is 12.9. The molecule has 8 heteroatoms. The molecular weight excluding hydrogens is 352 g/mol. The first-order chi connectivity index (χ1) is 12.6. The molecule has 0 unspecified atom stereocenters. The number of nitrogens with zero attached hydrogens (tertiary/aromatic N) is 4. The maximum absolute atomic E-state index is 12.9. The van der Waals surface area contributed by atoms with Gasteiger partial charge in [-0.15, -0.1) is 17.9 Å². The van der Waals surface area contributed by atoms with Gasteiger partial charge in [-0.3, -0.25) is 14.9 Å². The van der Waals surface area contributed by atoms with Crippen LogP contribution in [0, 0.1) is 10.1 Å². The topological polar surface area (TPSA) is 81.3 Å². The highest BCUT2D eigenvalue weighted by molar-refractivity contribution is 7.09. The second kappa shape index (κ2) is 7.75. The molecule has 0 bridgehead atoms. The van der Waals surface area contributed by atoms with Crippen molar-refractivity contribution in [3.05, 3.63) is 87.6 Å². The minimum atomic E-state index is -0.497. The molecule has 0 atom stereocenters. The Bertz CT molecular complexity index is 920. The van der Waals surface area contributed by atoms with Crippen molar-refractivity contribution in [2.24, 2.45) is 0 Å². The summed E-state index contributed by atoms with van der Waals surface area (Å²) in [6, 6.07) is 8.32. The van der Waals surface area contributed by atoms with E-state index in [9.17, 15) is 14.9 Å². The summed E-state index contributed by atoms with van der Waals surface area (Å²) in [5, 5.41) is 13.4. The van der Waals surface area contributed by atoms with E-state index in [0.717, 1.165) is 4.88 Å². The largest absolute Gasteiger partial charge is 0.330 e. The molecule has 0 saturated carbocycles. The monoisotopic (exact) mass is 368 g/mol. The summed E-state index contributed by atoms with van der Waals surface area (Å²) in [4.78, 5) is 30.4. The number of hydrogen-bond acceptors (Lipinski definition) is 5. The molecule has 3 rings (SSSR count). The van der Waals surface area contributed by atoms with E-state index in [-0.39, 0.29) is 17.2 Å². The molecule has 2 heterocycles. The van der Waals surface area contributed by atoms with Gasteiger partial charge in [0.25, 0.3) is 11.6 Å². The molecule has 26 heavy (non-hydrogen) atoms. The number of hydrogen-bond donors (Lipinski definition) is 0. The van der Waals surface area contributed by atoms with Crippen molar-refractivity contribution in [3.8, 4) is 5.69 Å². The summed E-state index contributed by atoms with van der Waals surface area (Å²) < 4.78 is 1.54. The second-order valence-electron chi connectivity index (χ2n) is 5.48. The number of imidazole rings is 1. The number of benzene rings is 1. The van der Waals surface area contributed by atoms with Crippen LogP contribution in [0.4, 0.5) is 5.69 Å². The summed E-state index contributed by atoms with van der Waals surface area (Å²) >= 11 is 1.55. The van der Waals surface area contributed by atoms with Crippen molar-refractivity contribution in [3.63, 3.8) is 0 Å². The number of nitro groups is 1. The fraction of sp³-hybridized carbons (Fsp3) is 0.111. The Morgan fingerprint density at radius 1 is 1.42 bits per heavy atom. The molecule has 1 amide bonds. The number of carbonyl (C=O) groups excluding carboxylic acids is 1. The van der Waals surface area contributed by atoms with Gasteiger partial charge >= 0.3 is 0 Å². The van der Waals surface area contributed by atoms with E-state index >= 15 is 0 Å². The Hall–Kier alpha value is -3.26. The van der Waals surface area contributed by atoms with E-state index in [1.165, 1.54) is 18.6 Å². The molecule has 0 radical (unpaired) electrons. The average molecular weight is 368 g/mol. The third-order valence-electron chi connectivity index (χ3n) is 3.77. The van der Waals surface area contributed by atoms with Gasteiger partial charge in [0.1, 0.15) is 5.69 Å². The van der Waals surface area contributed by atoms with Crippen LogP contribution in [0.5, 0.6) is 0 Å². The molecule has 0 N–H and O–H groups in total. The molecule has 0 aliphatic carbocycles. The SMILES string of the molecule is C=CCN(Cc1cccs1)C(=O)c1ccc(-n2ccnc2)c([N+](=O)[O-])c1. The van der Waals surface area contributed by atoms with Gasteiger partial charge in [0.15, 0.2) is 0 Å². The second-order valence-corrected chi connectivity index (χ2v) is 6.52. The van der Waals surface area contributed by atoms with Crippen molar-refractivity contribution in [1.29, 1.82) is 0 Å². The van der Waals surface area contributed by atoms with Gasteiger partial charge in [-0.1, -0.05) is 12.1 Å². The van der Waals surface area contributed by atoms with Crippen LogP contribution in [-0.4, -0.2) is 31.8 Å². The predicted octanol–water partition coefficient (Wildman–Crippen LogP) is 3.67. The van der Waals surface area contributed by atoms with Crippen LogP contribution in [0.1, 0.15) is 15.2 Å². The summed E-state index contributed by atoms with van der Waals surface area (Å²) in [7, 11) is 0. The van der Waals surface area contributed by atoms with Gasteiger partial charge in [-0.2, -0.15) is 0 Å². The average Bonchev–Trinajstić information content (AvgIpc) is 3.34. The molecule has 0 saturated heterocycles. The Morgan fingerprint density at radius 3 is 2.88 bits per heavy atom. The highest BCUT2D eigenvalue weighted by Crippen LogP contribution is 2.25. The Balaban J connectivity index is 1.94. The number of thiophene rings is 1. The van der Waals surface area contributed by atoms with Crippen molar-refractivity contribution < 1.29 is 9.72 Å². The molecule has 132 valence electrons. The van der Waals surface area contributed by atoms with Gasteiger partial charge in [-0.25, -0.2) is 4.98 Å². The standard InChI is InChI=1S/C18H16N4O3S/c1-2-8-20(12-15-4-3-10-26-15)18(23)14-5-6-16(17(11-14)22(24)25)21-9-7-19-13-21/h2-7,9-11,13H,1,8,12H2. The summed E-state index contributed by atoms with van der Waals surface area (Å²) in [5.74, 6) is -0.279. The fourth-order valence-electron chi connectivity index (χ4n) is 2.57. The lowest BCUT2D eigenvalue weighted by Gasteiger charge is -2.20. The van der Waals surface area contributed by atoms with E-state index in [2.05, 4.69) is 11.6 Å². The highest BCUT2D eigenvalue weighted by atomic mass is 32.1. The van der Waals surface area contributed by atoms with Gasteiger partial charge in [0.05, 0.1) is 17.8 Å².